The van der Waals surface area contributed by atoms with Crippen molar-refractivity contribution in [3.63, 3.8) is 0 Å². The molecule has 94 valence electrons. The molecule has 4 heteroatoms. The standard InChI is InChI=1S/C13H17Cl2NO/c1-8(16-12-3-2-4-13(12)17)10-6-5-9(14)7-11(10)15/h5-8,12-13,16-17H,2-4H2,1H3/t8?,12-,13-/m0/s1. The Morgan fingerprint density at radius 2 is 2.12 bits per heavy atom. The number of aliphatic hydroxyl groups excluding tert-OH is 1. The fourth-order valence-electron chi connectivity index (χ4n) is 2.40. The van der Waals surface area contributed by atoms with Crippen molar-refractivity contribution in [3.05, 3.63) is 33.8 Å². The Balaban J connectivity index is 2.06. The van der Waals surface area contributed by atoms with Crippen LogP contribution in [0.25, 0.3) is 0 Å². The number of benzene rings is 1. The fourth-order valence-corrected chi connectivity index (χ4v) is 2.97. The van der Waals surface area contributed by atoms with Crippen LogP contribution in [0.15, 0.2) is 18.2 Å². The molecule has 17 heavy (non-hydrogen) atoms. The van der Waals surface area contributed by atoms with Crippen molar-refractivity contribution >= 4 is 23.2 Å². The minimum Gasteiger partial charge on any atom is -0.392 e. The van der Waals surface area contributed by atoms with Gasteiger partial charge in [0.05, 0.1) is 6.10 Å². The van der Waals surface area contributed by atoms with E-state index in [0.29, 0.717) is 10.0 Å². The van der Waals surface area contributed by atoms with Crippen LogP contribution in [-0.4, -0.2) is 17.3 Å². The number of hydrogen-bond acceptors (Lipinski definition) is 2. The molecule has 1 unspecified atom stereocenters. The van der Waals surface area contributed by atoms with Gasteiger partial charge >= 0.3 is 0 Å². The van der Waals surface area contributed by atoms with Crippen molar-refractivity contribution in [3.8, 4) is 0 Å². The predicted octanol–water partition coefficient (Wildman–Crippen LogP) is 3.56. The molecule has 0 spiro atoms. The molecule has 2 N–H and O–H groups in total. The van der Waals surface area contributed by atoms with Gasteiger partial charge in [0.2, 0.25) is 0 Å². The molecule has 0 aliphatic heterocycles. The Morgan fingerprint density at radius 3 is 2.71 bits per heavy atom. The topological polar surface area (TPSA) is 32.3 Å². The summed E-state index contributed by atoms with van der Waals surface area (Å²) in [6.45, 7) is 2.06. The quantitative estimate of drug-likeness (QED) is 0.883. The molecule has 0 saturated heterocycles. The highest BCUT2D eigenvalue weighted by atomic mass is 35.5. The van der Waals surface area contributed by atoms with E-state index in [9.17, 15) is 5.11 Å². The number of aliphatic hydroxyl groups is 1. The van der Waals surface area contributed by atoms with Crippen LogP contribution in [-0.2, 0) is 0 Å². The molecule has 1 aromatic rings. The van der Waals surface area contributed by atoms with Crippen molar-refractivity contribution in [2.24, 2.45) is 0 Å². The van der Waals surface area contributed by atoms with E-state index in [1.54, 1.807) is 6.07 Å². The van der Waals surface area contributed by atoms with Gasteiger partial charge < -0.3 is 10.4 Å². The van der Waals surface area contributed by atoms with Crippen LogP contribution < -0.4 is 5.32 Å². The summed E-state index contributed by atoms with van der Waals surface area (Å²) in [7, 11) is 0. The van der Waals surface area contributed by atoms with Gasteiger partial charge in [-0.25, -0.2) is 0 Å². The van der Waals surface area contributed by atoms with E-state index >= 15 is 0 Å². The second-order valence-electron chi connectivity index (χ2n) is 4.66. The molecule has 3 atom stereocenters. The van der Waals surface area contributed by atoms with Crippen LogP contribution in [0.2, 0.25) is 10.0 Å². The van der Waals surface area contributed by atoms with E-state index in [1.807, 2.05) is 12.1 Å². The van der Waals surface area contributed by atoms with Crippen molar-refractivity contribution in [2.75, 3.05) is 0 Å². The summed E-state index contributed by atoms with van der Waals surface area (Å²) in [5, 5.41) is 14.5. The molecule has 0 amide bonds. The van der Waals surface area contributed by atoms with E-state index in [1.165, 1.54) is 0 Å². The predicted molar refractivity (Wildman–Crippen MR) is 71.7 cm³/mol. The van der Waals surface area contributed by atoms with Crippen LogP contribution in [0.3, 0.4) is 0 Å². The highest BCUT2D eigenvalue weighted by Gasteiger charge is 2.26. The molecular weight excluding hydrogens is 257 g/mol. The molecule has 1 aliphatic rings. The van der Waals surface area contributed by atoms with Gasteiger partial charge in [-0.05, 0) is 43.9 Å². The van der Waals surface area contributed by atoms with E-state index in [2.05, 4.69) is 12.2 Å². The second kappa shape index (κ2) is 5.57. The summed E-state index contributed by atoms with van der Waals surface area (Å²) in [6, 6.07) is 5.83. The minimum absolute atomic E-state index is 0.123. The highest BCUT2D eigenvalue weighted by molar-refractivity contribution is 6.35. The summed E-state index contributed by atoms with van der Waals surface area (Å²) < 4.78 is 0. The van der Waals surface area contributed by atoms with E-state index in [4.69, 9.17) is 23.2 Å². The Labute approximate surface area is 112 Å². The van der Waals surface area contributed by atoms with Gasteiger partial charge in [-0.15, -0.1) is 0 Å². The number of rotatable bonds is 3. The lowest BCUT2D eigenvalue weighted by Crippen LogP contribution is -2.37. The van der Waals surface area contributed by atoms with Gasteiger partial charge in [0, 0.05) is 22.1 Å². The van der Waals surface area contributed by atoms with Gasteiger partial charge in [-0.3, -0.25) is 0 Å². The first-order chi connectivity index (χ1) is 8.08. The van der Waals surface area contributed by atoms with Crippen molar-refractivity contribution in [1.29, 1.82) is 0 Å². The zero-order valence-electron chi connectivity index (χ0n) is 9.79. The first-order valence-electron chi connectivity index (χ1n) is 5.97. The van der Waals surface area contributed by atoms with Crippen molar-refractivity contribution in [2.45, 2.75) is 44.4 Å². The molecule has 1 aliphatic carbocycles. The zero-order valence-corrected chi connectivity index (χ0v) is 11.3. The lowest BCUT2D eigenvalue weighted by molar-refractivity contribution is 0.144. The second-order valence-corrected chi connectivity index (χ2v) is 5.50. The molecule has 0 aromatic heterocycles. The number of halogens is 2. The number of hydrogen-bond donors (Lipinski definition) is 2. The molecule has 1 fully saturated rings. The summed E-state index contributed by atoms with van der Waals surface area (Å²) in [5.41, 5.74) is 1.02. The third-order valence-electron chi connectivity index (χ3n) is 3.37. The number of nitrogens with one attached hydrogen (secondary N) is 1. The van der Waals surface area contributed by atoms with E-state index in [-0.39, 0.29) is 18.2 Å². The Kier molecular flexibility index (Phi) is 4.31. The first kappa shape index (κ1) is 13.2. The van der Waals surface area contributed by atoms with Crippen LogP contribution in [0.5, 0.6) is 0 Å². The van der Waals surface area contributed by atoms with Gasteiger partial charge in [-0.2, -0.15) is 0 Å². The van der Waals surface area contributed by atoms with E-state index in [0.717, 1.165) is 24.8 Å². The van der Waals surface area contributed by atoms with Gasteiger partial charge in [0.25, 0.3) is 0 Å². The van der Waals surface area contributed by atoms with E-state index < -0.39 is 0 Å². The molecular formula is C13H17Cl2NO. The Morgan fingerprint density at radius 1 is 1.35 bits per heavy atom. The van der Waals surface area contributed by atoms with Crippen molar-refractivity contribution < 1.29 is 5.11 Å². The van der Waals surface area contributed by atoms with Crippen LogP contribution in [0.4, 0.5) is 0 Å². The monoisotopic (exact) mass is 273 g/mol. The lowest BCUT2D eigenvalue weighted by Gasteiger charge is -2.23. The summed E-state index contributed by atoms with van der Waals surface area (Å²) in [6.07, 6.45) is 2.76. The van der Waals surface area contributed by atoms with Crippen LogP contribution in [0, 0.1) is 0 Å². The average Bonchev–Trinajstić information content (AvgIpc) is 2.64. The summed E-state index contributed by atoms with van der Waals surface area (Å²) in [5.74, 6) is 0. The van der Waals surface area contributed by atoms with Crippen molar-refractivity contribution in [1.82, 2.24) is 5.32 Å². The maximum Gasteiger partial charge on any atom is 0.0693 e. The first-order valence-corrected chi connectivity index (χ1v) is 6.72. The maximum atomic E-state index is 9.78. The largest absolute Gasteiger partial charge is 0.392 e. The smallest absolute Gasteiger partial charge is 0.0693 e. The van der Waals surface area contributed by atoms with Gasteiger partial charge in [0.15, 0.2) is 0 Å². The molecule has 1 saturated carbocycles. The molecule has 2 nitrogen and oxygen atoms in total. The minimum atomic E-state index is -0.233. The normalized spacial score (nSPS) is 26.1. The molecule has 0 heterocycles. The molecule has 1 aromatic carbocycles. The zero-order chi connectivity index (χ0) is 12.4. The Hall–Kier alpha value is -0.280. The van der Waals surface area contributed by atoms with Crippen LogP contribution >= 0.6 is 23.2 Å². The van der Waals surface area contributed by atoms with Crippen LogP contribution in [0.1, 0.15) is 37.8 Å². The molecule has 2 rings (SSSR count). The van der Waals surface area contributed by atoms with Gasteiger partial charge in [0.1, 0.15) is 0 Å². The third-order valence-corrected chi connectivity index (χ3v) is 3.93. The molecule has 0 radical (unpaired) electrons. The summed E-state index contributed by atoms with van der Waals surface area (Å²) >= 11 is 12.0. The average molecular weight is 274 g/mol. The summed E-state index contributed by atoms with van der Waals surface area (Å²) in [4.78, 5) is 0. The lowest BCUT2D eigenvalue weighted by atomic mass is 10.1. The SMILES string of the molecule is CC(N[C@H]1CCC[C@@H]1O)c1ccc(Cl)cc1Cl. The fraction of sp³-hybridized carbons (Fsp3) is 0.538. The molecule has 0 bridgehead atoms. The Bertz CT molecular complexity index is 397. The maximum absolute atomic E-state index is 9.78. The van der Waals surface area contributed by atoms with Gasteiger partial charge in [-0.1, -0.05) is 29.3 Å². The third kappa shape index (κ3) is 3.14. The highest BCUT2D eigenvalue weighted by Crippen LogP contribution is 2.28.